The van der Waals surface area contributed by atoms with E-state index in [0.717, 1.165) is 5.69 Å². The van der Waals surface area contributed by atoms with Crippen molar-refractivity contribution in [2.45, 2.75) is 39.5 Å². The minimum Gasteiger partial charge on any atom is -0.390 e. The quantitative estimate of drug-likeness (QED) is 0.778. The Kier molecular flexibility index (Phi) is 4.50. The average molecular weight is 230 g/mol. The van der Waals surface area contributed by atoms with Gasteiger partial charge in [-0.2, -0.15) is 0 Å². The van der Waals surface area contributed by atoms with Gasteiger partial charge in [-0.25, -0.2) is 0 Å². The zero-order valence-electron chi connectivity index (χ0n) is 9.36. The highest BCUT2D eigenvalue weighted by Crippen LogP contribution is 2.00. The summed E-state index contributed by atoms with van der Waals surface area (Å²) in [6, 6.07) is 0.347. The Morgan fingerprint density at radius 3 is 2.73 bits per heavy atom. The van der Waals surface area contributed by atoms with Crippen LogP contribution < -0.4 is 10.2 Å². The van der Waals surface area contributed by atoms with E-state index in [2.05, 4.69) is 5.32 Å². The molecule has 86 valence electrons. The molecule has 1 unspecified atom stereocenters. The lowest BCUT2D eigenvalue weighted by Gasteiger charge is -2.14. The zero-order chi connectivity index (χ0) is 11.4. The molecule has 15 heavy (non-hydrogen) atoms. The lowest BCUT2D eigenvalue weighted by atomic mass is 10.3. The number of nitrogens with one attached hydrogen (secondary N) is 1. The van der Waals surface area contributed by atoms with Crippen molar-refractivity contribution in [2.75, 3.05) is 6.54 Å². The molecule has 0 radical (unpaired) electrons. The molecule has 4 nitrogen and oxygen atoms in total. The molecular weight excluding hydrogens is 212 g/mol. The Morgan fingerprint density at radius 1 is 1.60 bits per heavy atom. The maximum atomic E-state index is 11.4. The van der Waals surface area contributed by atoms with Crippen molar-refractivity contribution < 1.29 is 5.11 Å². The standard InChI is InChI=1S/C10H18N2O2S/c1-7(2)11-4-9(13)5-12-8(3)6-15-10(12)14/h6-7,9,11,13H,4-5H2,1-3H3. The molecule has 1 heterocycles. The van der Waals surface area contributed by atoms with E-state index in [1.807, 2.05) is 26.2 Å². The van der Waals surface area contributed by atoms with Crippen LogP contribution in [-0.4, -0.2) is 28.4 Å². The summed E-state index contributed by atoms with van der Waals surface area (Å²) in [5.41, 5.74) is 0.911. The van der Waals surface area contributed by atoms with Gasteiger partial charge in [0.1, 0.15) is 0 Å². The third-order valence-corrected chi connectivity index (χ3v) is 3.01. The highest BCUT2D eigenvalue weighted by molar-refractivity contribution is 7.07. The van der Waals surface area contributed by atoms with Gasteiger partial charge in [-0.1, -0.05) is 25.2 Å². The molecule has 5 heteroatoms. The first-order valence-electron chi connectivity index (χ1n) is 5.07. The molecule has 0 saturated heterocycles. The molecular formula is C10H18N2O2S. The molecule has 0 aromatic carbocycles. The van der Waals surface area contributed by atoms with Crippen molar-refractivity contribution in [3.63, 3.8) is 0 Å². The summed E-state index contributed by atoms with van der Waals surface area (Å²) in [5, 5.41) is 14.6. The van der Waals surface area contributed by atoms with Crippen LogP contribution in [0.3, 0.4) is 0 Å². The van der Waals surface area contributed by atoms with Crippen molar-refractivity contribution in [1.29, 1.82) is 0 Å². The summed E-state index contributed by atoms with van der Waals surface area (Å²) >= 11 is 1.17. The summed E-state index contributed by atoms with van der Waals surface area (Å²) < 4.78 is 1.61. The van der Waals surface area contributed by atoms with Crippen molar-refractivity contribution in [3.05, 3.63) is 20.7 Å². The largest absolute Gasteiger partial charge is 0.390 e. The first kappa shape index (κ1) is 12.4. The van der Waals surface area contributed by atoms with Gasteiger partial charge in [0, 0.05) is 23.7 Å². The minimum atomic E-state index is -0.515. The van der Waals surface area contributed by atoms with Crippen molar-refractivity contribution in [2.24, 2.45) is 0 Å². The van der Waals surface area contributed by atoms with Gasteiger partial charge in [-0.15, -0.1) is 0 Å². The normalized spacial score (nSPS) is 13.4. The number of aliphatic hydroxyl groups is 1. The van der Waals surface area contributed by atoms with Crippen LogP contribution in [0.4, 0.5) is 0 Å². The first-order chi connectivity index (χ1) is 7.00. The van der Waals surface area contributed by atoms with Crippen molar-refractivity contribution >= 4 is 11.3 Å². The Labute approximate surface area is 93.6 Å². The third kappa shape index (κ3) is 3.77. The van der Waals surface area contributed by atoms with E-state index < -0.39 is 6.10 Å². The predicted octanol–water partition coefficient (Wildman–Crippen LogP) is 0.577. The Hall–Kier alpha value is -0.650. The smallest absolute Gasteiger partial charge is 0.307 e. The zero-order valence-corrected chi connectivity index (χ0v) is 10.2. The fourth-order valence-electron chi connectivity index (χ4n) is 1.27. The van der Waals surface area contributed by atoms with Crippen LogP contribution in [0.1, 0.15) is 19.5 Å². The predicted molar refractivity (Wildman–Crippen MR) is 62.5 cm³/mol. The summed E-state index contributed by atoms with van der Waals surface area (Å²) in [5.74, 6) is 0. The van der Waals surface area contributed by atoms with Crippen LogP contribution in [0.15, 0.2) is 10.2 Å². The Morgan fingerprint density at radius 2 is 2.27 bits per heavy atom. The van der Waals surface area contributed by atoms with Gasteiger partial charge in [0.25, 0.3) is 0 Å². The number of hydrogen-bond acceptors (Lipinski definition) is 4. The maximum Gasteiger partial charge on any atom is 0.307 e. The van der Waals surface area contributed by atoms with E-state index in [9.17, 15) is 9.90 Å². The van der Waals surface area contributed by atoms with Crippen LogP contribution in [0.25, 0.3) is 0 Å². The van der Waals surface area contributed by atoms with E-state index in [4.69, 9.17) is 0 Å². The topological polar surface area (TPSA) is 54.3 Å². The molecule has 0 aliphatic heterocycles. The second kappa shape index (κ2) is 5.44. The van der Waals surface area contributed by atoms with Crippen LogP contribution >= 0.6 is 11.3 Å². The molecule has 1 atom stereocenters. The number of nitrogens with zero attached hydrogens (tertiary/aromatic N) is 1. The average Bonchev–Trinajstić information content (AvgIpc) is 2.46. The van der Waals surface area contributed by atoms with Crippen LogP contribution in [0.2, 0.25) is 0 Å². The van der Waals surface area contributed by atoms with Gasteiger partial charge < -0.3 is 15.0 Å². The van der Waals surface area contributed by atoms with Gasteiger partial charge in [0.05, 0.1) is 12.6 Å². The van der Waals surface area contributed by atoms with E-state index >= 15 is 0 Å². The monoisotopic (exact) mass is 230 g/mol. The molecule has 0 saturated carbocycles. The van der Waals surface area contributed by atoms with E-state index in [0.29, 0.717) is 19.1 Å². The minimum absolute atomic E-state index is 0.00361. The van der Waals surface area contributed by atoms with Gasteiger partial charge >= 0.3 is 4.87 Å². The molecule has 0 fully saturated rings. The Bertz CT molecular complexity index is 357. The van der Waals surface area contributed by atoms with Crippen LogP contribution in [-0.2, 0) is 6.54 Å². The molecule has 0 aliphatic rings. The number of aromatic nitrogens is 1. The van der Waals surface area contributed by atoms with E-state index in [1.165, 1.54) is 11.3 Å². The van der Waals surface area contributed by atoms with Gasteiger partial charge in [0.2, 0.25) is 0 Å². The molecule has 1 rings (SSSR count). The fraction of sp³-hybridized carbons (Fsp3) is 0.700. The van der Waals surface area contributed by atoms with Gasteiger partial charge in [0.15, 0.2) is 0 Å². The van der Waals surface area contributed by atoms with Gasteiger partial charge in [-0.3, -0.25) is 4.79 Å². The molecule has 2 N–H and O–H groups in total. The molecule has 0 aliphatic carbocycles. The van der Waals surface area contributed by atoms with Crippen molar-refractivity contribution in [1.82, 2.24) is 9.88 Å². The van der Waals surface area contributed by atoms with E-state index in [-0.39, 0.29) is 4.87 Å². The molecule has 0 amide bonds. The molecule has 1 aromatic heterocycles. The summed E-state index contributed by atoms with van der Waals surface area (Å²) in [4.78, 5) is 11.4. The molecule has 0 bridgehead atoms. The summed E-state index contributed by atoms with van der Waals surface area (Å²) in [6.45, 7) is 6.80. The summed E-state index contributed by atoms with van der Waals surface area (Å²) in [7, 11) is 0. The Balaban J connectivity index is 2.51. The maximum absolute atomic E-state index is 11.4. The van der Waals surface area contributed by atoms with Gasteiger partial charge in [-0.05, 0) is 6.92 Å². The first-order valence-corrected chi connectivity index (χ1v) is 5.95. The second-order valence-corrected chi connectivity index (χ2v) is 4.79. The second-order valence-electron chi connectivity index (χ2n) is 3.97. The number of aliphatic hydroxyl groups excluding tert-OH is 1. The fourth-order valence-corrected chi connectivity index (χ4v) is 2.02. The molecule has 1 aromatic rings. The summed E-state index contributed by atoms with van der Waals surface area (Å²) in [6.07, 6.45) is -0.515. The van der Waals surface area contributed by atoms with Crippen LogP contribution in [0, 0.1) is 6.92 Å². The number of thiazole rings is 1. The van der Waals surface area contributed by atoms with Crippen LogP contribution in [0.5, 0.6) is 0 Å². The molecule has 0 spiro atoms. The number of hydrogen-bond donors (Lipinski definition) is 2. The lowest BCUT2D eigenvalue weighted by molar-refractivity contribution is 0.147. The SMILES string of the molecule is Cc1csc(=O)n1CC(O)CNC(C)C. The third-order valence-electron chi connectivity index (χ3n) is 2.13. The number of rotatable bonds is 5. The highest BCUT2D eigenvalue weighted by atomic mass is 32.1. The highest BCUT2D eigenvalue weighted by Gasteiger charge is 2.09. The van der Waals surface area contributed by atoms with E-state index in [1.54, 1.807) is 4.57 Å². The van der Waals surface area contributed by atoms with Crippen molar-refractivity contribution in [3.8, 4) is 0 Å². The number of aryl methyl sites for hydroxylation is 1. The lowest BCUT2D eigenvalue weighted by Crippen LogP contribution is -2.36.